The zero-order valence-corrected chi connectivity index (χ0v) is 10.7. The number of carbonyl (C=O) groups excluding carboxylic acids is 1. The molecule has 0 aliphatic carbocycles. The highest BCUT2D eigenvalue weighted by Gasteiger charge is 2.21. The van der Waals surface area contributed by atoms with Crippen LogP contribution in [0.1, 0.15) is 15.9 Å². The third kappa shape index (κ3) is 2.72. The van der Waals surface area contributed by atoms with E-state index in [0.717, 1.165) is 11.8 Å². The molecule has 0 unspecified atom stereocenters. The molecule has 0 aliphatic heterocycles. The third-order valence-corrected chi connectivity index (χ3v) is 2.74. The number of nitrogens with zero attached hydrogens (tertiary/aromatic N) is 2. The smallest absolute Gasteiger partial charge is 0.300 e. The first kappa shape index (κ1) is 13.5. The van der Waals surface area contributed by atoms with E-state index >= 15 is 0 Å². The number of nitrogens with two attached hydrogens (primary N) is 1. The van der Waals surface area contributed by atoms with Gasteiger partial charge in [-0.15, -0.1) is 0 Å². The van der Waals surface area contributed by atoms with Crippen LogP contribution in [0, 0.1) is 17.0 Å². The molecule has 7 heteroatoms. The number of nitrogen functional groups attached to an aromatic ring is 1. The second-order valence-corrected chi connectivity index (χ2v) is 4.15. The van der Waals surface area contributed by atoms with Gasteiger partial charge in [-0.1, -0.05) is 18.2 Å². The summed E-state index contributed by atoms with van der Waals surface area (Å²) in [4.78, 5) is 26.0. The summed E-state index contributed by atoms with van der Waals surface area (Å²) in [6.45, 7) is 1.82. The number of amides is 1. The normalized spacial score (nSPS) is 10.1. The van der Waals surface area contributed by atoms with E-state index < -0.39 is 10.8 Å². The summed E-state index contributed by atoms with van der Waals surface area (Å²) in [5, 5.41) is 13.5. The monoisotopic (exact) mass is 272 g/mol. The van der Waals surface area contributed by atoms with Gasteiger partial charge in [-0.05, 0) is 24.6 Å². The van der Waals surface area contributed by atoms with Gasteiger partial charge in [-0.25, -0.2) is 4.98 Å². The van der Waals surface area contributed by atoms with Crippen molar-refractivity contribution in [2.45, 2.75) is 6.92 Å². The summed E-state index contributed by atoms with van der Waals surface area (Å²) < 4.78 is 0. The highest BCUT2D eigenvalue weighted by Crippen LogP contribution is 2.21. The Morgan fingerprint density at radius 3 is 2.75 bits per heavy atom. The van der Waals surface area contributed by atoms with E-state index in [0.29, 0.717) is 5.69 Å². The average Bonchev–Trinajstić information content (AvgIpc) is 2.40. The van der Waals surface area contributed by atoms with Crippen molar-refractivity contribution in [3.05, 3.63) is 57.8 Å². The molecule has 0 saturated heterocycles. The molecule has 2 rings (SSSR count). The van der Waals surface area contributed by atoms with Crippen molar-refractivity contribution >= 4 is 23.1 Å². The molecule has 102 valence electrons. The largest absolute Gasteiger partial charge is 0.384 e. The predicted octanol–water partition coefficient (Wildman–Crippen LogP) is 2.13. The van der Waals surface area contributed by atoms with Gasteiger partial charge in [-0.3, -0.25) is 14.9 Å². The van der Waals surface area contributed by atoms with Gasteiger partial charge in [0.1, 0.15) is 17.6 Å². The van der Waals surface area contributed by atoms with Crippen LogP contribution in [0.25, 0.3) is 0 Å². The number of pyridine rings is 1. The molecule has 0 radical (unpaired) electrons. The summed E-state index contributed by atoms with van der Waals surface area (Å²) in [7, 11) is 0. The van der Waals surface area contributed by atoms with Gasteiger partial charge in [0.15, 0.2) is 0 Å². The molecule has 1 aromatic carbocycles. The number of aromatic nitrogens is 1. The molecule has 3 N–H and O–H groups in total. The summed E-state index contributed by atoms with van der Waals surface area (Å²) in [5.41, 5.74) is 6.41. The Morgan fingerprint density at radius 1 is 1.40 bits per heavy atom. The number of hydrogen-bond donors (Lipinski definition) is 2. The van der Waals surface area contributed by atoms with Crippen LogP contribution in [0.3, 0.4) is 0 Å². The molecule has 0 fully saturated rings. The van der Waals surface area contributed by atoms with Crippen molar-refractivity contribution in [3.8, 4) is 0 Å². The van der Waals surface area contributed by atoms with Crippen LogP contribution in [-0.2, 0) is 0 Å². The van der Waals surface area contributed by atoms with E-state index in [1.165, 1.54) is 6.07 Å². The predicted molar refractivity (Wildman–Crippen MR) is 74.4 cm³/mol. The van der Waals surface area contributed by atoms with Crippen molar-refractivity contribution < 1.29 is 9.72 Å². The standard InChI is InChI=1S/C13H12N4O3/c1-8-4-2-3-5-10(8)16-13(18)9-6-12(14)15-7-11(9)17(19)20/h2-7H,1H3,(H2,14,15)(H,16,18). The second kappa shape index (κ2) is 5.35. The number of aryl methyl sites for hydroxylation is 1. The molecular weight excluding hydrogens is 260 g/mol. The van der Waals surface area contributed by atoms with E-state index in [1.54, 1.807) is 12.1 Å². The molecule has 1 heterocycles. The molecule has 0 saturated carbocycles. The zero-order chi connectivity index (χ0) is 14.7. The number of nitrogens with one attached hydrogen (secondary N) is 1. The topological polar surface area (TPSA) is 111 Å². The van der Waals surface area contributed by atoms with Gasteiger partial charge in [0, 0.05) is 5.69 Å². The first-order chi connectivity index (χ1) is 9.49. The molecule has 0 bridgehead atoms. The number of hydrogen-bond acceptors (Lipinski definition) is 5. The Kier molecular flexibility index (Phi) is 3.60. The third-order valence-electron chi connectivity index (χ3n) is 2.74. The minimum absolute atomic E-state index is 0.0468. The number of carbonyl (C=O) groups is 1. The second-order valence-electron chi connectivity index (χ2n) is 4.15. The average molecular weight is 272 g/mol. The van der Waals surface area contributed by atoms with Crippen LogP contribution < -0.4 is 11.1 Å². The maximum atomic E-state index is 12.1. The summed E-state index contributed by atoms with van der Waals surface area (Å²) >= 11 is 0. The van der Waals surface area contributed by atoms with Gasteiger partial charge < -0.3 is 11.1 Å². The molecule has 0 atom stereocenters. The molecular formula is C13H12N4O3. The van der Waals surface area contributed by atoms with Crippen LogP contribution in [0.5, 0.6) is 0 Å². The highest BCUT2D eigenvalue weighted by molar-refractivity contribution is 6.07. The number of anilines is 2. The molecule has 0 spiro atoms. The van der Waals surface area contributed by atoms with Gasteiger partial charge in [0.25, 0.3) is 11.6 Å². The van der Waals surface area contributed by atoms with Crippen LogP contribution in [0.15, 0.2) is 36.5 Å². The van der Waals surface area contributed by atoms with Crippen molar-refractivity contribution in [1.82, 2.24) is 4.98 Å². The Balaban J connectivity index is 2.37. The molecule has 0 aliphatic rings. The number of nitro groups is 1. The Morgan fingerprint density at radius 2 is 2.10 bits per heavy atom. The van der Waals surface area contributed by atoms with Crippen LogP contribution in [-0.4, -0.2) is 15.8 Å². The number of benzene rings is 1. The van der Waals surface area contributed by atoms with Crippen molar-refractivity contribution in [3.63, 3.8) is 0 Å². The minimum atomic E-state index is -0.667. The van der Waals surface area contributed by atoms with Crippen molar-refractivity contribution in [2.24, 2.45) is 0 Å². The Labute approximate surface area is 114 Å². The van der Waals surface area contributed by atoms with E-state index in [-0.39, 0.29) is 17.1 Å². The fourth-order valence-electron chi connectivity index (χ4n) is 1.69. The van der Waals surface area contributed by atoms with E-state index in [4.69, 9.17) is 5.73 Å². The Bertz CT molecular complexity index is 685. The summed E-state index contributed by atoms with van der Waals surface area (Å²) in [6, 6.07) is 8.32. The van der Waals surface area contributed by atoms with Crippen molar-refractivity contribution in [1.29, 1.82) is 0 Å². The van der Waals surface area contributed by atoms with Gasteiger partial charge in [0.05, 0.1) is 4.92 Å². The first-order valence-corrected chi connectivity index (χ1v) is 5.76. The van der Waals surface area contributed by atoms with Crippen LogP contribution >= 0.6 is 0 Å². The molecule has 2 aromatic rings. The molecule has 1 amide bonds. The van der Waals surface area contributed by atoms with Gasteiger partial charge >= 0.3 is 0 Å². The lowest BCUT2D eigenvalue weighted by Gasteiger charge is -2.08. The quantitative estimate of drug-likeness (QED) is 0.656. The number of para-hydroxylation sites is 1. The summed E-state index contributed by atoms with van der Waals surface area (Å²) in [5.74, 6) is -0.550. The lowest BCUT2D eigenvalue weighted by Crippen LogP contribution is -2.15. The maximum Gasteiger partial charge on any atom is 0.300 e. The SMILES string of the molecule is Cc1ccccc1NC(=O)c1cc(N)ncc1[N+](=O)[O-]. The lowest BCUT2D eigenvalue weighted by molar-refractivity contribution is -0.385. The number of rotatable bonds is 3. The fraction of sp³-hybridized carbons (Fsp3) is 0.0769. The van der Waals surface area contributed by atoms with Gasteiger partial charge in [0.2, 0.25) is 0 Å². The maximum absolute atomic E-state index is 12.1. The van der Waals surface area contributed by atoms with Crippen LogP contribution in [0.2, 0.25) is 0 Å². The summed E-state index contributed by atoms with van der Waals surface area (Å²) in [6.07, 6.45) is 0.974. The minimum Gasteiger partial charge on any atom is -0.384 e. The van der Waals surface area contributed by atoms with Crippen LogP contribution in [0.4, 0.5) is 17.2 Å². The van der Waals surface area contributed by atoms with Gasteiger partial charge in [-0.2, -0.15) is 0 Å². The Hall–Kier alpha value is -2.96. The molecule has 20 heavy (non-hydrogen) atoms. The fourth-order valence-corrected chi connectivity index (χ4v) is 1.69. The van der Waals surface area contributed by atoms with Crippen molar-refractivity contribution in [2.75, 3.05) is 11.1 Å². The van der Waals surface area contributed by atoms with E-state index in [1.807, 2.05) is 19.1 Å². The lowest BCUT2D eigenvalue weighted by atomic mass is 10.1. The van der Waals surface area contributed by atoms with E-state index in [2.05, 4.69) is 10.3 Å². The first-order valence-electron chi connectivity index (χ1n) is 5.76. The van der Waals surface area contributed by atoms with E-state index in [9.17, 15) is 14.9 Å². The molecule has 7 nitrogen and oxygen atoms in total. The highest BCUT2D eigenvalue weighted by atomic mass is 16.6. The zero-order valence-electron chi connectivity index (χ0n) is 10.7. The molecule has 1 aromatic heterocycles.